The molecule has 1 N–H and O–H groups in total. The Morgan fingerprint density at radius 2 is 1.88 bits per heavy atom. The van der Waals surface area contributed by atoms with E-state index in [9.17, 15) is 4.79 Å². The highest BCUT2D eigenvalue weighted by molar-refractivity contribution is 6.45. The lowest BCUT2D eigenvalue weighted by Crippen LogP contribution is -2.30. The molecule has 0 bridgehead atoms. The number of carbonyl (C=O) groups excluding carboxylic acids is 1. The number of aryl methyl sites for hydroxylation is 1. The third-order valence-electron chi connectivity index (χ3n) is 4.12. The van der Waals surface area contributed by atoms with Crippen molar-refractivity contribution in [1.29, 1.82) is 0 Å². The van der Waals surface area contributed by atoms with Crippen LogP contribution in [0, 0.1) is 6.92 Å². The minimum atomic E-state index is -0.327. The second-order valence-corrected chi connectivity index (χ2v) is 5.76. The summed E-state index contributed by atoms with van der Waals surface area (Å²) >= 11 is 0. The van der Waals surface area contributed by atoms with E-state index in [1.54, 1.807) is 7.05 Å². The first-order chi connectivity index (χ1) is 12.7. The summed E-state index contributed by atoms with van der Waals surface area (Å²) in [6.07, 6.45) is 0. The lowest BCUT2D eigenvalue weighted by atomic mass is 10.2. The van der Waals surface area contributed by atoms with Crippen molar-refractivity contribution >= 4 is 22.5 Å². The molecule has 0 saturated carbocycles. The Labute approximate surface area is 152 Å². The van der Waals surface area contributed by atoms with Gasteiger partial charge < -0.3 is 19.5 Å². The predicted octanol–water partition coefficient (Wildman–Crippen LogP) is 3.08. The van der Waals surface area contributed by atoms with Gasteiger partial charge in [0.15, 0.2) is 12.4 Å². The first kappa shape index (κ1) is 17.5. The van der Waals surface area contributed by atoms with Crippen LogP contribution in [0.4, 0.5) is 0 Å². The Kier molecular flexibility index (Phi) is 5.22. The number of nitrogens with one attached hydrogen (secondary N) is 1. The van der Waals surface area contributed by atoms with Gasteiger partial charge in [0.05, 0.1) is 11.2 Å². The molecule has 1 aromatic heterocycles. The first-order valence-corrected chi connectivity index (χ1v) is 8.26. The van der Waals surface area contributed by atoms with Gasteiger partial charge in [-0.05, 0) is 30.7 Å². The third-order valence-corrected chi connectivity index (χ3v) is 4.12. The molecule has 2 aromatic carbocycles. The van der Waals surface area contributed by atoms with E-state index in [2.05, 4.69) is 10.5 Å². The molecule has 0 aliphatic carbocycles. The fraction of sp³-hybridized carbons (Fsp3) is 0.200. The van der Waals surface area contributed by atoms with E-state index in [1.165, 1.54) is 7.11 Å². The van der Waals surface area contributed by atoms with Crippen molar-refractivity contribution in [3.05, 3.63) is 65.9 Å². The number of fused-ring (bicyclic) bond motifs is 1. The Balaban J connectivity index is 2.06. The summed E-state index contributed by atoms with van der Waals surface area (Å²) in [5.74, 6) is 0.466. The summed E-state index contributed by atoms with van der Waals surface area (Å²) in [5.41, 5.74) is 2.81. The molecule has 0 aliphatic rings. The van der Waals surface area contributed by atoms with E-state index in [1.807, 2.05) is 66.1 Å². The number of benzene rings is 2. The van der Waals surface area contributed by atoms with Gasteiger partial charge in [-0.3, -0.25) is 4.79 Å². The maximum Gasteiger partial charge on any atom is 0.275 e. The number of aromatic nitrogens is 1. The second kappa shape index (κ2) is 7.74. The zero-order valence-corrected chi connectivity index (χ0v) is 15.0. The second-order valence-electron chi connectivity index (χ2n) is 5.76. The first-order valence-electron chi connectivity index (χ1n) is 8.26. The maximum absolute atomic E-state index is 12.3. The SMILES string of the molecule is CNC(=O)C(=NOC)c1cc2ccccc2n1COc1ccccc1C. The highest BCUT2D eigenvalue weighted by atomic mass is 16.6. The van der Waals surface area contributed by atoms with Crippen molar-refractivity contribution in [2.75, 3.05) is 14.2 Å². The standard InChI is InChI=1S/C20H21N3O3/c1-14-8-4-7-11-18(14)26-13-23-16-10-6-5-9-15(16)12-17(23)19(22-25-3)20(24)21-2/h4-12H,13H2,1-3H3,(H,21,24). The zero-order chi connectivity index (χ0) is 18.5. The molecule has 134 valence electrons. The summed E-state index contributed by atoms with van der Waals surface area (Å²) in [5, 5.41) is 7.51. The molecule has 3 rings (SSSR count). The van der Waals surface area contributed by atoms with Crippen molar-refractivity contribution < 1.29 is 14.4 Å². The van der Waals surface area contributed by atoms with Gasteiger partial charge in [0, 0.05) is 12.4 Å². The Morgan fingerprint density at radius 1 is 1.15 bits per heavy atom. The van der Waals surface area contributed by atoms with E-state index in [0.29, 0.717) is 5.69 Å². The number of rotatable bonds is 6. The van der Waals surface area contributed by atoms with Crippen LogP contribution in [0.2, 0.25) is 0 Å². The molecule has 0 aliphatic heterocycles. The molecule has 3 aromatic rings. The van der Waals surface area contributed by atoms with E-state index in [4.69, 9.17) is 9.57 Å². The molecule has 0 fully saturated rings. The van der Waals surface area contributed by atoms with Gasteiger partial charge >= 0.3 is 0 Å². The summed E-state index contributed by atoms with van der Waals surface area (Å²) < 4.78 is 7.92. The number of carbonyl (C=O) groups is 1. The molecule has 0 spiro atoms. The van der Waals surface area contributed by atoms with Gasteiger partial charge in [-0.25, -0.2) is 0 Å². The van der Waals surface area contributed by atoms with Crippen molar-refractivity contribution in [2.24, 2.45) is 5.16 Å². The Morgan fingerprint density at radius 3 is 2.62 bits per heavy atom. The van der Waals surface area contributed by atoms with Crippen LogP contribution in [-0.2, 0) is 16.4 Å². The van der Waals surface area contributed by atoms with Crippen molar-refractivity contribution in [1.82, 2.24) is 9.88 Å². The average molecular weight is 351 g/mol. The van der Waals surface area contributed by atoms with E-state index < -0.39 is 0 Å². The zero-order valence-electron chi connectivity index (χ0n) is 15.0. The third kappa shape index (κ3) is 3.39. The maximum atomic E-state index is 12.3. The largest absolute Gasteiger partial charge is 0.472 e. The number of hydrogen-bond donors (Lipinski definition) is 1. The molecule has 0 atom stereocenters. The summed E-state index contributed by atoms with van der Waals surface area (Å²) in [6, 6.07) is 17.6. The summed E-state index contributed by atoms with van der Waals surface area (Å²) in [7, 11) is 2.98. The molecule has 26 heavy (non-hydrogen) atoms. The summed E-state index contributed by atoms with van der Waals surface area (Å²) in [4.78, 5) is 17.2. The lowest BCUT2D eigenvalue weighted by molar-refractivity contribution is -0.114. The van der Waals surface area contributed by atoms with Crippen LogP contribution < -0.4 is 10.1 Å². The van der Waals surface area contributed by atoms with Gasteiger partial charge in [0.1, 0.15) is 12.9 Å². The van der Waals surface area contributed by atoms with Crippen molar-refractivity contribution in [3.8, 4) is 5.75 Å². The van der Waals surface area contributed by atoms with Gasteiger partial charge in [-0.2, -0.15) is 0 Å². The lowest BCUT2D eigenvalue weighted by Gasteiger charge is -2.14. The molecule has 0 saturated heterocycles. The molecule has 0 radical (unpaired) electrons. The van der Waals surface area contributed by atoms with E-state index in [-0.39, 0.29) is 18.3 Å². The summed E-state index contributed by atoms with van der Waals surface area (Å²) in [6.45, 7) is 2.24. The number of hydrogen-bond acceptors (Lipinski definition) is 4. The molecular formula is C20H21N3O3. The topological polar surface area (TPSA) is 64.8 Å². The van der Waals surface area contributed by atoms with Gasteiger partial charge in [-0.15, -0.1) is 0 Å². The van der Waals surface area contributed by atoms with Crippen LogP contribution >= 0.6 is 0 Å². The fourth-order valence-electron chi connectivity index (χ4n) is 2.81. The highest BCUT2D eigenvalue weighted by Crippen LogP contribution is 2.23. The van der Waals surface area contributed by atoms with Crippen LogP contribution in [0.25, 0.3) is 10.9 Å². The number of oxime groups is 1. The van der Waals surface area contributed by atoms with Crippen LogP contribution in [0.3, 0.4) is 0 Å². The molecule has 6 nitrogen and oxygen atoms in total. The highest BCUT2D eigenvalue weighted by Gasteiger charge is 2.20. The fourth-order valence-corrected chi connectivity index (χ4v) is 2.81. The van der Waals surface area contributed by atoms with Gasteiger partial charge in [0.25, 0.3) is 5.91 Å². The van der Waals surface area contributed by atoms with Gasteiger partial charge in [0.2, 0.25) is 0 Å². The van der Waals surface area contributed by atoms with Crippen LogP contribution in [0.1, 0.15) is 11.3 Å². The van der Waals surface area contributed by atoms with Crippen LogP contribution in [0.5, 0.6) is 5.75 Å². The quantitative estimate of drug-likeness (QED) is 0.548. The molecule has 1 heterocycles. The molecule has 6 heteroatoms. The number of amides is 1. The number of para-hydroxylation sites is 2. The molecule has 1 amide bonds. The predicted molar refractivity (Wildman–Crippen MR) is 101 cm³/mol. The Bertz CT molecular complexity index is 960. The van der Waals surface area contributed by atoms with Crippen molar-refractivity contribution in [2.45, 2.75) is 13.7 Å². The van der Waals surface area contributed by atoms with Crippen LogP contribution in [-0.4, -0.2) is 30.3 Å². The number of ether oxygens (including phenoxy) is 1. The number of likely N-dealkylation sites (N-methyl/N-ethyl adjacent to an activating group) is 1. The van der Waals surface area contributed by atoms with Crippen LogP contribution in [0.15, 0.2) is 59.8 Å². The normalized spacial score (nSPS) is 11.4. The monoisotopic (exact) mass is 351 g/mol. The smallest absolute Gasteiger partial charge is 0.275 e. The molecular weight excluding hydrogens is 330 g/mol. The number of nitrogens with zero attached hydrogens (tertiary/aromatic N) is 2. The minimum absolute atomic E-state index is 0.194. The average Bonchev–Trinajstić information content (AvgIpc) is 3.03. The van der Waals surface area contributed by atoms with E-state index >= 15 is 0 Å². The minimum Gasteiger partial charge on any atom is -0.472 e. The molecule has 0 unspecified atom stereocenters. The Hall–Kier alpha value is -3.28. The van der Waals surface area contributed by atoms with Gasteiger partial charge in [-0.1, -0.05) is 41.6 Å². The van der Waals surface area contributed by atoms with Crippen molar-refractivity contribution in [3.63, 3.8) is 0 Å². The van der Waals surface area contributed by atoms with E-state index in [0.717, 1.165) is 22.2 Å².